The van der Waals surface area contributed by atoms with Gasteiger partial charge in [0.25, 0.3) is 5.56 Å². The first-order chi connectivity index (χ1) is 9.20. The Morgan fingerprint density at radius 2 is 2.32 bits per heavy atom. The largest absolute Gasteiger partial charge is 0.388 e. The van der Waals surface area contributed by atoms with Crippen molar-refractivity contribution in [3.63, 3.8) is 0 Å². The van der Waals surface area contributed by atoms with Crippen LogP contribution in [0, 0.1) is 0 Å². The second kappa shape index (κ2) is 4.75. The lowest BCUT2D eigenvalue weighted by Gasteiger charge is -2.15. The molecule has 1 saturated heterocycles. The number of hydrogen-bond acceptors (Lipinski definition) is 4. The molecule has 2 aromatic rings. The molecule has 0 bridgehead atoms. The molecule has 19 heavy (non-hydrogen) atoms. The highest BCUT2D eigenvalue weighted by atomic mass is 16.5. The van der Waals surface area contributed by atoms with Crippen LogP contribution in [0.4, 0.5) is 0 Å². The molecule has 2 heterocycles. The number of nitrogens with zero attached hydrogens (tertiary/aromatic N) is 2. The summed E-state index contributed by atoms with van der Waals surface area (Å²) < 4.78 is 6.68. The van der Waals surface area contributed by atoms with Crippen molar-refractivity contribution in [1.82, 2.24) is 9.55 Å². The molecule has 0 amide bonds. The van der Waals surface area contributed by atoms with E-state index in [9.17, 15) is 9.90 Å². The zero-order valence-corrected chi connectivity index (χ0v) is 10.7. The zero-order chi connectivity index (χ0) is 13.4. The predicted molar refractivity (Wildman–Crippen MR) is 71.2 cm³/mol. The van der Waals surface area contributed by atoms with Crippen LogP contribution >= 0.6 is 0 Å². The van der Waals surface area contributed by atoms with E-state index < -0.39 is 6.10 Å². The number of ether oxygens (including phenoxy) is 1. The van der Waals surface area contributed by atoms with Gasteiger partial charge in [0.2, 0.25) is 0 Å². The lowest BCUT2D eigenvalue weighted by Crippen LogP contribution is -2.31. The summed E-state index contributed by atoms with van der Waals surface area (Å²) in [6.45, 7) is 2.66. The molecule has 0 radical (unpaired) electrons. The number of fused-ring (bicyclic) bond motifs is 1. The van der Waals surface area contributed by atoms with Crippen molar-refractivity contribution in [3.05, 3.63) is 40.4 Å². The van der Waals surface area contributed by atoms with E-state index in [0.29, 0.717) is 17.5 Å². The number of benzene rings is 1. The minimum atomic E-state index is -0.647. The SMILES string of the molecule is CCc1ccc2ncn([C@H]3COC[C@@H]3O)c(=O)c2c1. The number of aromatic nitrogens is 2. The minimum Gasteiger partial charge on any atom is -0.388 e. The van der Waals surface area contributed by atoms with Crippen molar-refractivity contribution in [2.24, 2.45) is 0 Å². The van der Waals surface area contributed by atoms with Crippen LogP contribution in [0.3, 0.4) is 0 Å². The Bertz CT molecular complexity index is 665. The number of aliphatic hydroxyl groups is 1. The molecule has 2 atom stereocenters. The van der Waals surface area contributed by atoms with Gasteiger partial charge in [-0.25, -0.2) is 4.98 Å². The van der Waals surface area contributed by atoms with Crippen molar-refractivity contribution >= 4 is 10.9 Å². The van der Waals surface area contributed by atoms with Crippen LogP contribution in [0.15, 0.2) is 29.3 Å². The Morgan fingerprint density at radius 3 is 3.00 bits per heavy atom. The third-order valence-corrected chi connectivity index (χ3v) is 3.63. The van der Waals surface area contributed by atoms with Gasteiger partial charge in [0.05, 0.1) is 36.5 Å². The molecule has 1 aliphatic rings. The Labute approximate surface area is 110 Å². The van der Waals surface area contributed by atoms with Crippen molar-refractivity contribution < 1.29 is 9.84 Å². The van der Waals surface area contributed by atoms with Gasteiger partial charge >= 0.3 is 0 Å². The van der Waals surface area contributed by atoms with Gasteiger partial charge in [-0.2, -0.15) is 0 Å². The van der Waals surface area contributed by atoms with E-state index in [1.807, 2.05) is 25.1 Å². The van der Waals surface area contributed by atoms with Gasteiger partial charge in [-0.1, -0.05) is 13.0 Å². The zero-order valence-electron chi connectivity index (χ0n) is 10.7. The summed E-state index contributed by atoms with van der Waals surface area (Å²) in [5.41, 5.74) is 1.68. The smallest absolute Gasteiger partial charge is 0.261 e. The number of aliphatic hydroxyl groups excluding tert-OH is 1. The second-order valence-corrected chi connectivity index (χ2v) is 4.83. The average Bonchev–Trinajstić information content (AvgIpc) is 2.85. The molecule has 3 rings (SSSR count). The number of aryl methyl sites for hydroxylation is 1. The lowest BCUT2D eigenvalue weighted by atomic mass is 10.1. The second-order valence-electron chi connectivity index (χ2n) is 4.83. The van der Waals surface area contributed by atoms with E-state index in [0.717, 1.165) is 12.0 Å². The Morgan fingerprint density at radius 1 is 1.47 bits per heavy atom. The van der Waals surface area contributed by atoms with Gasteiger partial charge in [-0.3, -0.25) is 9.36 Å². The first-order valence-corrected chi connectivity index (χ1v) is 6.46. The van der Waals surface area contributed by atoms with Gasteiger partial charge in [0, 0.05) is 0 Å². The molecule has 1 aliphatic heterocycles. The maximum absolute atomic E-state index is 12.5. The van der Waals surface area contributed by atoms with Crippen LogP contribution in [0.25, 0.3) is 10.9 Å². The standard InChI is InChI=1S/C14H16N2O3/c1-2-9-3-4-11-10(5-9)14(18)16(8-15-11)12-6-19-7-13(12)17/h3-5,8,12-13,17H,2,6-7H2,1H3/t12-,13-/m0/s1. The van der Waals surface area contributed by atoms with E-state index in [1.165, 1.54) is 10.9 Å². The monoisotopic (exact) mass is 260 g/mol. The fourth-order valence-corrected chi connectivity index (χ4v) is 2.44. The molecule has 5 nitrogen and oxygen atoms in total. The quantitative estimate of drug-likeness (QED) is 0.871. The molecule has 1 N–H and O–H groups in total. The summed E-state index contributed by atoms with van der Waals surface area (Å²) >= 11 is 0. The molecule has 0 aliphatic carbocycles. The van der Waals surface area contributed by atoms with Crippen LogP contribution in [0.2, 0.25) is 0 Å². The molecule has 0 saturated carbocycles. The molecule has 5 heteroatoms. The average molecular weight is 260 g/mol. The molecule has 0 unspecified atom stereocenters. The van der Waals surface area contributed by atoms with Gasteiger partial charge < -0.3 is 9.84 Å². The van der Waals surface area contributed by atoms with Gasteiger partial charge in [0.1, 0.15) is 6.10 Å². The molecule has 1 aromatic heterocycles. The molecular formula is C14H16N2O3. The summed E-state index contributed by atoms with van der Waals surface area (Å²) in [7, 11) is 0. The summed E-state index contributed by atoms with van der Waals surface area (Å²) in [6, 6.07) is 5.38. The number of hydrogen-bond donors (Lipinski definition) is 1. The molecular weight excluding hydrogens is 244 g/mol. The van der Waals surface area contributed by atoms with Crippen LogP contribution in [0.1, 0.15) is 18.5 Å². The van der Waals surface area contributed by atoms with E-state index >= 15 is 0 Å². The highest BCUT2D eigenvalue weighted by Crippen LogP contribution is 2.19. The highest BCUT2D eigenvalue weighted by molar-refractivity contribution is 5.78. The minimum absolute atomic E-state index is 0.116. The number of rotatable bonds is 2. The first kappa shape index (κ1) is 12.3. The summed E-state index contributed by atoms with van der Waals surface area (Å²) in [5, 5.41) is 10.4. The normalized spacial score (nSPS) is 23.1. The van der Waals surface area contributed by atoms with E-state index in [2.05, 4.69) is 4.98 Å². The summed E-state index contributed by atoms with van der Waals surface area (Å²) in [4.78, 5) is 16.8. The van der Waals surface area contributed by atoms with Crippen molar-refractivity contribution in [2.45, 2.75) is 25.5 Å². The van der Waals surface area contributed by atoms with Crippen molar-refractivity contribution in [2.75, 3.05) is 13.2 Å². The Hall–Kier alpha value is -1.72. The van der Waals surface area contributed by atoms with E-state index in [4.69, 9.17) is 4.74 Å². The van der Waals surface area contributed by atoms with Gasteiger partial charge in [-0.05, 0) is 24.1 Å². The fraction of sp³-hybridized carbons (Fsp3) is 0.429. The van der Waals surface area contributed by atoms with Gasteiger partial charge in [-0.15, -0.1) is 0 Å². The van der Waals surface area contributed by atoms with Gasteiger partial charge in [0.15, 0.2) is 0 Å². The van der Waals surface area contributed by atoms with E-state index in [1.54, 1.807) is 0 Å². The first-order valence-electron chi connectivity index (χ1n) is 6.46. The van der Waals surface area contributed by atoms with Crippen molar-refractivity contribution in [3.8, 4) is 0 Å². The maximum atomic E-state index is 12.5. The van der Waals surface area contributed by atoms with E-state index in [-0.39, 0.29) is 18.2 Å². The molecule has 0 spiro atoms. The highest BCUT2D eigenvalue weighted by Gasteiger charge is 2.28. The Balaban J connectivity index is 2.16. The molecule has 100 valence electrons. The van der Waals surface area contributed by atoms with Crippen LogP contribution in [-0.4, -0.2) is 34.0 Å². The third-order valence-electron chi connectivity index (χ3n) is 3.63. The molecule has 1 aromatic carbocycles. The third kappa shape index (κ3) is 2.05. The van der Waals surface area contributed by atoms with Crippen LogP contribution in [0.5, 0.6) is 0 Å². The summed E-state index contributed by atoms with van der Waals surface area (Å²) in [5.74, 6) is 0. The molecule has 1 fully saturated rings. The van der Waals surface area contributed by atoms with Crippen LogP contribution < -0.4 is 5.56 Å². The summed E-state index contributed by atoms with van der Waals surface area (Å²) in [6.07, 6.45) is 1.73. The fourth-order valence-electron chi connectivity index (χ4n) is 2.44. The Kier molecular flexibility index (Phi) is 3.08. The maximum Gasteiger partial charge on any atom is 0.261 e. The van der Waals surface area contributed by atoms with Crippen molar-refractivity contribution in [1.29, 1.82) is 0 Å². The lowest BCUT2D eigenvalue weighted by molar-refractivity contribution is 0.119. The predicted octanol–water partition coefficient (Wildman–Crippen LogP) is 0.891. The topological polar surface area (TPSA) is 64.3 Å². The van der Waals surface area contributed by atoms with Crippen LogP contribution in [-0.2, 0) is 11.2 Å².